The molecular weight excluding hydrogens is 516 g/mol. The van der Waals surface area contributed by atoms with Crippen molar-refractivity contribution in [1.29, 1.82) is 0 Å². The minimum atomic E-state index is -0.106. The summed E-state index contributed by atoms with van der Waals surface area (Å²) in [5.74, 6) is -0.110. The number of carbonyl (C=O) groups is 2. The highest BCUT2D eigenvalue weighted by Gasteiger charge is 2.22. The van der Waals surface area contributed by atoms with Gasteiger partial charge in [0.2, 0.25) is 11.8 Å². The molecule has 1 aliphatic rings. The molecular formula is C33H50N4O2S. The van der Waals surface area contributed by atoms with Gasteiger partial charge in [-0.05, 0) is 77.2 Å². The third-order valence-electron chi connectivity index (χ3n) is 6.48. The molecule has 0 bridgehead atoms. The minimum absolute atomic E-state index is 0.00418. The molecule has 0 radical (unpaired) electrons. The standard InChI is InChI=1S/C33H50N4O2S/c1-3-5-6-7-8-9-10-11-12-13-14-15-16-17-18-19-20-21-31(38)35-26-24-32(39)37-33-36-29-23-22-28(34-25-4-2)27-30(29)40-33/h5-6,8-9,11-12,14-15,17-18,28,34H,3-4,7,10,13,16,19-27H2,1-2H3,(H,35,38)(H,36,37,39). The average molecular weight is 567 g/mol. The monoisotopic (exact) mass is 566 g/mol. The number of carbonyl (C=O) groups excluding carboxylic acids is 2. The highest BCUT2D eigenvalue weighted by atomic mass is 32.1. The van der Waals surface area contributed by atoms with Gasteiger partial charge in [0.05, 0.1) is 5.69 Å². The maximum atomic E-state index is 12.3. The summed E-state index contributed by atoms with van der Waals surface area (Å²) in [4.78, 5) is 30.3. The predicted molar refractivity (Wildman–Crippen MR) is 171 cm³/mol. The number of thiazole rings is 1. The van der Waals surface area contributed by atoms with Crippen LogP contribution in [0, 0.1) is 0 Å². The lowest BCUT2D eigenvalue weighted by Gasteiger charge is -2.21. The first-order valence-corrected chi connectivity index (χ1v) is 16.0. The van der Waals surface area contributed by atoms with Gasteiger partial charge in [-0.15, -0.1) is 11.3 Å². The topological polar surface area (TPSA) is 83.1 Å². The van der Waals surface area contributed by atoms with Crippen molar-refractivity contribution in [2.75, 3.05) is 18.4 Å². The third kappa shape index (κ3) is 15.7. The number of allylic oxidation sites excluding steroid dienone is 10. The van der Waals surface area contributed by atoms with E-state index in [1.54, 1.807) is 11.3 Å². The van der Waals surface area contributed by atoms with Gasteiger partial charge in [-0.1, -0.05) is 74.6 Å². The lowest BCUT2D eigenvalue weighted by Crippen LogP contribution is -2.34. The highest BCUT2D eigenvalue weighted by molar-refractivity contribution is 7.15. The van der Waals surface area contributed by atoms with Crippen molar-refractivity contribution >= 4 is 28.3 Å². The Balaban J connectivity index is 1.46. The summed E-state index contributed by atoms with van der Waals surface area (Å²) in [7, 11) is 0. The number of fused-ring (bicyclic) bond motifs is 1. The summed E-state index contributed by atoms with van der Waals surface area (Å²) < 4.78 is 0. The fraction of sp³-hybridized carbons (Fsp3) is 0.545. The number of amides is 2. The van der Waals surface area contributed by atoms with E-state index in [1.165, 1.54) is 4.88 Å². The Hall–Kier alpha value is -2.77. The molecule has 0 aromatic carbocycles. The second kappa shape index (κ2) is 22.0. The Morgan fingerprint density at radius 3 is 2.15 bits per heavy atom. The molecule has 2 rings (SSSR count). The van der Waals surface area contributed by atoms with Crippen LogP contribution >= 0.6 is 11.3 Å². The van der Waals surface area contributed by atoms with Crippen LogP contribution in [0.2, 0.25) is 0 Å². The molecule has 1 aromatic rings. The minimum Gasteiger partial charge on any atom is -0.356 e. The summed E-state index contributed by atoms with van der Waals surface area (Å²) >= 11 is 1.58. The van der Waals surface area contributed by atoms with Crippen molar-refractivity contribution in [3.8, 4) is 0 Å². The summed E-state index contributed by atoms with van der Waals surface area (Å²) in [5.41, 5.74) is 1.12. The first kappa shape index (κ1) is 33.4. The van der Waals surface area contributed by atoms with Crippen LogP contribution in [-0.4, -0.2) is 35.9 Å². The van der Waals surface area contributed by atoms with E-state index in [0.29, 0.717) is 24.1 Å². The molecule has 1 heterocycles. The maximum Gasteiger partial charge on any atom is 0.227 e. The van der Waals surface area contributed by atoms with Crippen LogP contribution in [0.15, 0.2) is 60.8 Å². The van der Waals surface area contributed by atoms with Gasteiger partial charge >= 0.3 is 0 Å². The quantitative estimate of drug-likeness (QED) is 0.114. The molecule has 40 heavy (non-hydrogen) atoms. The van der Waals surface area contributed by atoms with Crippen molar-refractivity contribution in [3.63, 3.8) is 0 Å². The van der Waals surface area contributed by atoms with Gasteiger partial charge in [-0.25, -0.2) is 4.98 Å². The molecule has 0 saturated carbocycles. The molecule has 0 fully saturated rings. The fourth-order valence-electron chi connectivity index (χ4n) is 4.29. The second-order valence-electron chi connectivity index (χ2n) is 10.0. The van der Waals surface area contributed by atoms with Crippen molar-refractivity contribution in [2.45, 2.75) is 103 Å². The lowest BCUT2D eigenvalue weighted by molar-refractivity contribution is -0.121. The van der Waals surface area contributed by atoms with Gasteiger partial charge in [-0.2, -0.15) is 0 Å². The Morgan fingerprint density at radius 2 is 1.50 bits per heavy atom. The average Bonchev–Trinajstić information content (AvgIpc) is 3.34. The summed E-state index contributed by atoms with van der Waals surface area (Å²) in [6.07, 6.45) is 33.4. The smallest absolute Gasteiger partial charge is 0.227 e. The number of nitrogens with zero attached hydrogens (tertiary/aromatic N) is 1. The largest absolute Gasteiger partial charge is 0.356 e. The SMILES string of the molecule is CCC=CCC=CCC=CCC=CCC=CCCCC(=O)NCCC(=O)Nc1nc2c(s1)CC(NCCC)CC2. The predicted octanol–water partition coefficient (Wildman–Crippen LogP) is 7.37. The molecule has 1 atom stereocenters. The van der Waals surface area contributed by atoms with Gasteiger partial charge in [0.25, 0.3) is 0 Å². The van der Waals surface area contributed by atoms with Crippen molar-refractivity contribution < 1.29 is 9.59 Å². The maximum absolute atomic E-state index is 12.3. The van der Waals surface area contributed by atoms with Crippen molar-refractivity contribution in [2.24, 2.45) is 0 Å². The van der Waals surface area contributed by atoms with E-state index in [4.69, 9.17) is 0 Å². The molecule has 1 aliphatic carbocycles. The van der Waals surface area contributed by atoms with E-state index in [9.17, 15) is 9.59 Å². The molecule has 6 nitrogen and oxygen atoms in total. The van der Waals surface area contributed by atoms with E-state index < -0.39 is 0 Å². The Labute approximate surface area is 246 Å². The number of aryl methyl sites for hydroxylation is 1. The third-order valence-corrected chi connectivity index (χ3v) is 7.51. The van der Waals surface area contributed by atoms with Crippen molar-refractivity contribution in [3.05, 3.63) is 71.3 Å². The molecule has 220 valence electrons. The van der Waals surface area contributed by atoms with Gasteiger partial charge in [0.1, 0.15) is 0 Å². The van der Waals surface area contributed by atoms with Crippen molar-refractivity contribution in [1.82, 2.24) is 15.6 Å². The van der Waals surface area contributed by atoms with Gasteiger partial charge in [0, 0.05) is 30.3 Å². The van der Waals surface area contributed by atoms with Gasteiger partial charge in [-0.3, -0.25) is 9.59 Å². The number of rotatable bonds is 20. The molecule has 1 unspecified atom stereocenters. The van der Waals surface area contributed by atoms with Crippen LogP contribution in [0.1, 0.15) is 95.0 Å². The van der Waals surface area contributed by atoms with Gasteiger partial charge in [0.15, 0.2) is 5.13 Å². The molecule has 2 amide bonds. The number of hydrogen-bond donors (Lipinski definition) is 3. The van der Waals surface area contributed by atoms with Crippen LogP contribution < -0.4 is 16.0 Å². The summed E-state index contributed by atoms with van der Waals surface area (Å²) in [6.45, 7) is 5.71. The molecule has 7 heteroatoms. The highest BCUT2D eigenvalue weighted by Crippen LogP contribution is 2.29. The fourth-order valence-corrected chi connectivity index (χ4v) is 5.39. The normalized spacial score (nSPS) is 15.7. The first-order valence-electron chi connectivity index (χ1n) is 15.2. The molecule has 3 N–H and O–H groups in total. The van der Waals surface area contributed by atoms with Gasteiger partial charge < -0.3 is 16.0 Å². The number of hydrogen-bond acceptors (Lipinski definition) is 5. The van der Waals surface area contributed by atoms with E-state index in [2.05, 4.69) is 95.5 Å². The number of nitrogens with one attached hydrogen (secondary N) is 3. The molecule has 1 aromatic heterocycles. The first-order chi connectivity index (χ1) is 19.6. The zero-order valence-corrected chi connectivity index (χ0v) is 25.4. The van der Waals surface area contributed by atoms with Crippen LogP contribution in [-0.2, 0) is 22.4 Å². The van der Waals surface area contributed by atoms with E-state index in [0.717, 1.165) is 82.9 Å². The Kier molecular flexibility index (Phi) is 18.4. The van der Waals surface area contributed by atoms with E-state index >= 15 is 0 Å². The van der Waals surface area contributed by atoms with E-state index in [-0.39, 0.29) is 18.2 Å². The van der Waals surface area contributed by atoms with Crippen LogP contribution in [0.5, 0.6) is 0 Å². The Morgan fingerprint density at radius 1 is 0.850 bits per heavy atom. The summed E-state index contributed by atoms with van der Waals surface area (Å²) in [6, 6.07) is 0.507. The summed E-state index contributed by atoms with van der Waals surface area (Å²) in [5, 5.41) is 10.0. The number of anilines is 1. The second-order valence-corrected chi connectivity index (χ2v) is 11.1. The molecule has 0 saturated heterocycles. The lowest BCUT2D eigenvalue weighted by atomic mass is 9.98. The molecule has 0 spiro atoms. The molecule has 0 aliphatic heterocycles. The zero-order valence-electron chi connectivity index (χ0n) is 24.6. The number of unbranched alkanes of at least 4 members (excludes halogenated alkanes) is 1. The number of aromatic nitrogens is 1. The van der Waals surface area contributed by atoms with E-state index in [1.807, 2.05) is 0 Å². The Bertz CT molecular complexity index is 1010. The van der Waals surface area contributed by atoms with Crippen LogP contribution in [0.3, 0.4) is 0 Å². The zero-order chi connectivity index (χ0) is 28.7. The van der Waals surface area contributed by atoms with Crippen LogP contribution in [0.25, 0.3) is 0 Å². The van der Waals surface area contributed by atoms with Crippen LogP contribution in [0.4, 0.5) is 5.13 Å².